The van der Waals surface area contributed by atoms with Crippen LogP contribution in [0.1, 0.15) is 19.3 Å². The standard InChI is InChI=1S/C15H20N4O/c1-3-13-14(16-6-1)17-15(20-13)19-8-2-7-18(9-10-19)11-12-4-5-12/h1,3,6,12H,2,4-5,7-11H2. The average Bonchev–Trinajstić information content (AvgIpc) is 3.22. The van der Waals surface area contributed by atoms with Crippen molar-refractivity contribution in [2.75, 3.05) is 37.6 Å². The van der Waals surface area contributed by atoms with Gasteiger partial charge in [0, 0.05) is 32.4 Å². The highest BCUT2D eigenvalue weighted by atomic mass is 16.4. The maximum Gasteiger partial charge on any atom is 0.299 e. The van der Waals surface area contributed by atoms with Gasteiger partial charge in [0.15, 0.2) is 5.58 Å². The highest BCUT2D eigenvalue weighted by molar-refractivity contribution is 5.69. The summed E-state index contributed by atoms with van der Waals surface area (Å²) >= 11 is 0. The molecule has 1 saturated carbocycles. The molecule has 0 amide bonds. The lowest BCUT2D eigenvalue weighted by Gasteiger charge is -2.20. The molecule has 0 aromatic carbocycles. The van der Waals surface area contributed by atoms with Gasteiger partial charge >= 0.3 is 0 Å². The molecule has 3 heterocycles. The summed E-state index contributed by atoms with van der Waals surface area (Å²) in [6, 6.07) is 4.54. The lowest BCUT2D eigenvalue weighted by molar-refractivity contribution is 0.281. The van der Waals surface area contributed by atoms with Gasteiger partial charge in [-0.15, -0.1) is 0 Å². The Labute approximate surface area is 118 Å². The summed E-state index contributed by atoms with van der Waals surface area (Å²) < 4.78 is 5.83. The highest BCUT2D eigenvalue weighted by Gasteiger charge is 2.26. The summed E-state index contributed by atoms with van der Waals surface area (Å²) in [6.45, 7) is 5.62. The highest BCUT2D eigenvalue weighted by Crippen LogP contribution is 2.30. The third-order valence-corrected chi connectivity index (χ3v) is 4.23. The van der Waals surface area contributed by atoms with E-state index < -0.39 is 0 Å². The Kier molecular flexibility index (Phi) is 3.07. The first-order chi connectivity index (χ1) is 9.88. The second kappa shape index (κ2) is 5.05. The summed E-state index contributed by atoms with van der Waals surface area (Å²) in [4.78, 5) is 13.6. The predicted molar refractivity (Wildman–Crippen MR) is 77.8 cm³/mol. The van der Waals surface area contributed by atoms with E-state index in [4.69, 9.17) is 4.42 Å². The molecule has 0 spiro atoms. The van der Waals surface area contributed by atoms with Crippen molar-refractivity contribution < 1.29 is 4.42 Å². The van der Waals surface area contributed by atoms with Crippen molar-refractivity contribution in [3.05, 3.63) is 18.3 Å². The van der Waals surface area contributed by atoms with Crippen LogP contribution in [0.15, 0.2) is 22.7 Å². The van der Waals surface area contributed by atoms with Gasteiger partial charge in [-0.1, -0.05) is 0 Å². The van der Waals surface area contributed by atoms with Crippen molar-refractivity contribution in [3.8, 4) is 0 Å². The Bertz CT molecular complexity index is 559. The summed E-state index contributed by atoms with van der Waals surface area (Å²) in [7, 11) is 0. The number of pyridine rings is 1. The second-order valence-electron chi connectivity index (χ2n) is 5.91. The molecule has 5 nitrogen and oxygen atoms in total. The van der Waals surface area contributed by atoms with Crippen LogP contribution in [0, 0.1) is 5.92 Å². The Balaban J connectivity index is 1.47. The minimum absolute atomic E-state index is 0.710. The molecule has 2 aromatic rings. The third-order valence-electron chi connectivity index (χ3n) is 4.23. The van der Waals surface area contributed by atoms with Crippen molar-refractivity contribution in [2.45, 2.75) is 19.3 Å². The molecule has 20 heavy (non-hydrogen) atoms. The molecule has 2 aromatic heterocycles. The van der Waals surface area contributed by atoms with E-state index in [0.29, 0.717) is 5.65 Å². The smallest absolute Gasteiger partial charge is 0.299 e. The average molecular weight is 272 g/mol. The molecule has 0 atom stereocenters. The van der Waals surface area contributed by atoms with Gasteiger partial charge < -0.3 is 14.2 Å². The van der Waals surface area contributed by atoms with Gasteiger partial charge in [-0.25, -0.2) is 4.98 Å². The molecule has 2 aliphatic rings. The number of fused-ring (bicyclic) bond motifs is 1. The summed E-state index contributed by atoms with van der Waals surface area (Å²) in [5, 5.41) is 0. The Morgan fingerprint density at radius 3 is 3.00 bits per heavy atom. The van der Waals surface area contributed by atoms with Gasteiger partial charge in [0.25, 0.3) is 6.01 Å². The van der Waals surface area contributed by atoms with Crippen LogP contribution in [0.5, 0.6) is 0 Å². The summed E-state index contributed by atoms with van der Waals surface area (Å²) in [5.41, 5.74) is 1.49. The molecule has 106 valence electrons. The predicted octanol–water partition coefficient (Wildman–Crippen LogP) is 2.14. The first-order valence-corrected chi connectivity index (χ1v) is 7.57. The number of anilines is 1. The maximum absolute atomic E-state index is 5.83. The number of hydrogen-bond donors (Lipinski definition) is 0. The van der Waals surface area contributed by atoms with E-state index in [1.807, 2.05) is 12.1 Å². The fourth-order valence-electron chi connectivity index (χ4n) is 2.90. The SMILES string of the molecule is c1cnc2nc(N3CCCN(CC4CC4)CC3)oc2c1. The Morgan fingerprint density at radius 1 is 1.20 bits per heavy atom. The van der Waals surface area contributed by atoms with Crippen molar-refractivity contribution in [1.29, 1.82) is 0 Å². The summed E-state index contributed by atoms with van der Waals surface area (Å²) in [5.74, 6) is 0.968. The number of hydrogen-bond acceptors (Lipinski definition) is 5. The number of rotatable bonds is 3. The first kappa shape index (κ1) is 12.1. The minimum atomic E-state index is 0.710. The number of aromatic nitrogens is 2. The quantitative estimate of drug-likeness (QED) is 0.856. The largest absolute Gasteiger partial charge is 0.422 e. The van der Waals surface area contributed by atoms with Crippen LogP contribution in [0.25, 0.3) is 11.2 Å². The van der Waals surface area contributed by atoms with Crippen LogP contribution in [-0.2, 0) is 0 Å². The molecule has 1 saturated heterocycles. The molecule has 4 rings (SSSR count). The Morgan fingerprint density at radius 2 is 2.15 bits per heavy atom. The first-order valence-electron chi connectivity index (χ1n) is 7.57. The normalized spacial score (nSPS) is 21.3. The van der Waals surface area contributed by atoms with E-state index in [1.165, 1.54) is 32.4 Å². The summed E-state index contributed by atoms with van der Waals surface area (Å²) in [6.07, 6.45) is 5.79. The monoisotopic (exact) mass is 272 g/mol. The van der Waals surface area contributed by atoms with Crippen LogP contribution >= 0.6 is 0 Å². The van der Waals surface area contributed by atoms with Crippen molar-refractivity contribution >= 4 is 17.2 Å². The van der Waals surface area contributed by atoms with Crippen LogP contribution in [-0.4, -0.2) is 47.6 Å². The van der Waals surface area contributed by atoms with Gasteiger partial charge in [-0.3, -0.25) is 0 Å². The number of nitrogens with zero attached hydrogens (tertiary/aromatic N) is 4. The molecule has 0 bridgehead atoms. The Hall–Kier alpha value is -1.62. The molecule has 5 heteroatoms. The molecule has 1 aliphatic heterocycles. The second-order valence-corrected chi connectivity index (χ2v) is 5.91. The lowest BCUT2D eigenvalue weighted by atomic mass is 10.3. The zero-order chi connectivity index (χ0) is 13.4. The third kappa shape index (κ3) is 2.50. The van der Waals surface area contributed by atoms with Gasteiger partial charge in [0.2, 0.25) is 5.65 Å². The minimum Gasteiger partial charge on any atom is -0.422 e. The molecular weight excluding hydrogens is 252 g/mol. The van der Waals surface area contributed by atoms with Gasteiger partial charge in [0.05, 0.1) is 0 Å². The fraction of sp³-hybridized carbons (Fsp3) is 0.600. The van der Waals surface area contributed by atoms with Crippen LogP contribution in [0.4, 0.5) is 6.01 Å². The van der Waals surface area contributed by atoms with Crippen LogP contribution < -0.4 is 4.90 Å². The van der Waals surface area contributed by atoms with E-state index in [-0.39, 0.29) is 0 Å². The number of oxazole rings is 1. The zero-order valence-corrected chi connectivity index (χ0v) is 11.7. The molecule has 0 N–H and O–H groups in total. The molecule has 0 unspecified atom stereocenters. The fourth-order valence-corrected chi connectivity index (χ4v) is 2.90. The molecule has 2 fully saturated rings. The van der Waals surface area contributed by atoms with E-state index in [9.17, 15) is 0 Å². The van der Waals surface area contributed by atoms with Crippen molar-refractivity contribution in [2.24, 2.45) is 5.92 Å². The molecule has 0 radical (unpaired) electrons. The van der Waals surface area contributed by atoms with E-state index in [2.05, 4.69) is 19.8 Å². The van der Waals surface area contributed by atoms with Crippen molar-refractivity contribution in [1.82, 2.24) is 14.9 Å². The van der Waals surface area contributed by atoms with Gasteiger partial charge in [-0.05, 0) is 43.9 Å². The molecular formula is C15H20N4O. The molecule has 1 aliphatic carbocycles. The van der Waals surface area contributed by atoms with Crippen LogP contribution in [0.3, 0.4) is 0 Å². The van der Waals surface area contributed by atoms with E-state index in [0.717, 1.165) is 37.1 Å². The zero-order valence-electron chi connectivity index (χ0n) is 11.7. The van der Waals surface area contributed by atoms with E-state index in [1.54, 1.807) is 6.20 Å². The van der Waals surface area contributed by atoms with E-state index >= 15 is 0 Å². The topological polar surface area (TPSA) is 45.4 Å². The van der Waals surface area contributed by atoms with Crippen molar-refractivity contribution in [3.63, 3.8) is 0 Å². The maximum atomic E-state index is 5.83. The lowest BCUT2D eigenvalue weighted by Crippen LogP contribution is -2.32. The van der Waals surface area contributed by atoms with Gasteiger partial charge in [-0.2, -0.15) is 4.98 Å². The van der Waals surface area contributed by atoms with Crippen LogP contribution in [0.2, 0.25) is 0 Å². The van der Waals surface area contributed by atoms with Gasteiger partial charge in [0.1, 0.15) is 0 Å².